The van der Waals surface area contributed by atoms with E-state index in [2.05, 4.69) is 61.0 Å². The molecule has 2 nitrogen and oxygen atoms in total. The van der Waals surface area contributed by atoms with Crippen molar-refractivity contribution in [2.45, 2.75) is 88.0 Å². The lowest BCUT2D eigenvalue weighted by molar-refractivity contribution is 0.809. The van der Waals surface area contributed by atoms with E-state index in [0.717, 1.165) is 25.7 Å². The number of aromatic amines is 1. The summed E-state index contributed by atoms with van der Waals surface area (Å²) in [6, 6.07) is 8.52. The van der Waals surface area contributed by atoms with Gasteiger partial charge in [0, 0.05) is 23.0 Å². The quantitative estimate of drug-likeness (QED) is 0.416. The molecule has 2 aromatic rings. The third-order valence-corrected chi connectivity index (χ3v) is 3.90. The van der Waals surface area contributed by atoms with Gasteiger partial charge in [-0.1, -0.05) is 104 Å². The highest BCUT2D eigenvalue weighted by Crippen LogP contribution is 2.25. The molecule has 0 unspecified atom stereocenters. The Bertz CT molecular complexity index is 675. The van der Waals surface area contributed by atoms with Gasteiger partial charge >= 0.3 is 0 Å². The Morgan fingerprint density at radius 2 is 1.57 bits per heavy atom. The highest BCUT2D eigenvalue weighted by Gasteiger charge is 2.10. The molecule has 0 aliphatic rings. The van der Waals surface area contributed by atoms with Crippen molar-refractivity contribution >= 4 is 10.9 Å². The number of rotatable bonds is 8. The summed E-state index contributed by atoms with van der Waals surface area (Å²) in [6.45, 7) is 22.5. The molecule has 30 heavy (non-hydrogen) atoms. The number of para-hydroxylation sites is 1. The van der Waals surface area contributed by atoms with Gasteiger partial charge in [-0.15, -0.1) is 0 Å². The van der Waals surface area contributed by atoms with E-state index in [1.54, 1.807) is 0 Å². The summed E-state index contributed by atoms with van der Waals surface area (Å²) in [7, 11) is 0. The molecule has 2 rings (SSSR count). The molecule has 1 aromatic carbocycles. The van der Waals surface area contributed by atoms with E-state index in [0.29, 0.717) is 6.54 Å². The van der Waals surface area contributed by atoms with E-state index < -0.39 is 0 Å². The van der Waals surface area contributed by atoms with E-state index >= 15 is 0 Å². The number of benzene rings is 1. The maximum absolute atomic E-state index is 5.76. The van der Waals surface area contributed by atoms with Crippen molar-refractivity contribution in [3.63, 3.8) is 0 Å². The summed E-state index contributed by atoms with van der Waals surface area (Å²) in [6.07, 6.45) is 12.4. The predicted molar refractivity (Wildman–Crippen MR) is 142 cm³/mol. The fraction of sp³-hybridized carbons (Fsp3) is 0.500. The third-order valence-electron chi connectivity index (χ3n) is 3.90. The van der Waals surface area contributed by atoms with E-state index in [1.807, 2.05) is 61.5 Å². The van der Waals surface area contributed by atoms with Crippen molar-refractivity contribution < 1.29 is 0 Å². The topological polar surface area (TPSA) is 41.8 Å². The molecule has 0 spiro atoms. The number of aryl methyl sites for hydroxylation is 1. The van der Waals surface area contributed by atoms with Crippen molar-refractivity contribution in [3.8, 4) is 0 Å². The molecule has 1 aromatic heterocycles. The second kappa shape index (κ2) is 25.0. The summed E-state index contributed by atoms with van der Waals surface area (Å²) < 4.78 is 0. The molecule has 0 amide bonds. The van der Waals surface area contributed by atoms with Gasteiger partial charge in [0.15, 0.2) is 0 Å². The Morgan fingerprint density at radius 3 is 2.10 bits per heavy atom. The van der Waals surface area contributed by atoms with Crippen molar-refractivity contribution in [2.75, 3.05) is 6.54 Å². The lowest BCUT2D eigenvalue weighted by Crippen LogP contribution is -2.05. The summed E-state index contributed by atoms with van der Waals surface area (Å²) in [5.74, 6) is 0. The molecule has 172 valence electrons. The molecule has 0 aliphatic carbocycles. The van der Waals surface area contributed by atoms with Crippen LogP contribution in [0.25, 0.3) is 10.9 Å². The second-order valence-corrected chi connectivity index (χ2v) is 5.50. The van der Waals surface area contributed by atoms with E-state index in [9.17, 15) is 0 Å². The first-order valence-electron chi connectivity index (χ1n) is 12.0. The zero-order chi connectivity index (χ0) is 23.8. The van der Waals surface area contributed by atoms with Gasteiger partial charge in [0.25, 0.3) is 0 Å². The van der Waals surface area contributed by atoms with Gasteiger partial charge < -0.3 is 10.7 Å². The Balaban J connectivity index is -0.000000815. The smallest absolute Gasteiger partial charge is 0.0458 e. The molecule has 1 heterocycles. The molecular formula is C28H50N2. The van der Waals surface area contributed by atoms with Crippen molar-refractivity contribution in [1.29, 1.82) is 0 Å². The number of hydrogen-bond donors (Lipinski definition) is 2. The summed E-state index contributed by atoms with van der Waals surface area (Å²) in [5, 5.41) is 1.34. The minimum Gasteiger partial charge on any atom is -0.358 e. The average molecular weight is 415 g/mol. The van der Waals surface area contributed by atoms with Gasteiger partial charge in [0.1, 0.15) is 0 Å². The van der Waals surface area contributed by atoms with Gasteiger partial charge in [-0.3, -0.25) is 0 Å². The third kappa shape index (κ3) is 12.5. The number of aromatic nitrogens is 1. The van der Waals surface area contributed by atoms with Crippen LogP contribution < -0.4 is 5.73 Å². The van der Waals surface area contributed by atoms with Crippen molar-refractivity contribution in [3.05, 3.63) is 72.0 Å². The summed E-state index contributed by atoms with van der Waals surface area (Å²) in [5.41, 5.74) is 11.0. The highest BCUT2D eigenvalue weighted by atomic mass is 14.7. The Morgan fingerprint density at radius 1 is 0.967 bits per heavy atom. The van der Waals surface area contributed by atoms with E-state index in [1.165, 1.54) is 27.7 Å². The number of allylic oxidation sites excluding steroid dienone is 5. The average Bonchev–Trinajstić information content (AvgIpc) is 3.17. The predicted octanol–water partition coefficient (Wildman–Crippen LogP) is 8.79. The zero-order valence-corrected chi connectivity index (χ0v) is 21.4. The van der Waals surface area contributed by atoms with Crippen LogP contribution >= 0.6 is 0 Å². The molecule has 0 saturated heterocycles. The molecule has 0 aliphatic heterocycles. The first-order chi connectivity index (χ1) is 14.8. The van der Waals surface area contributed by atoms with Crippen LogP contribution in [-0.2, 0) is 12.8 Å². The van der Waals surface area contributed by atoms with Gasteiger partial charge in [0.05, 0.1) is 0 Å². The molecule has 0 saturated carbocycles. The minimum atomic E-state index is 0.681. The molecule has 0 bridgehead atoms. The first kappa shape index (κ1) is 32.6. The molecule has 0 fully saturated rings. The lowest BCUT2D eigenvalue weighted by atomic mass is 10.00. The van der Waals surface area contributed by atoms with Crippen LogP contribution in [0.1, 0.15) is 86.4 Å². The zero-order valence-electron chi connectivity index (χ0n) is 21.4. The minimum absolute atomic E-state index is 0.681. The largest absolute Gasteiger partial charge is 0.358 e. The molecule has 0 atom stereocenters. The van der Waals surface area contributed by atoms with Gasteiger partial charge in [-0.05, 0) is 49.9 Å². The van der Waals surface area contributed by atoms with Crippen molar-refractivity contribution in [1.82, 2.24) is 4.98 Å². The van der Waals surface area contributed by atoms with Crippen LogP contribution in [0.4, 0.5) is 0 Å². The van der Waals surface area contributed by atoms with Gasteiger partial charge in [0.2, 0.25) is 0 Å². The Kier molecular flexibility index (Phi) is 27.1. The number of nitrogens with two attached hydrogens (primary N) is 1. The van der Waals surface area contributed by atoms with Crippen LogP contribution in [0.3, 0.4) is 0 Å². The van der Waals surface area contributed by atoms with Crippen LogP contribution in [0, 0.1) is 0 Å². The fourth-order valence-corrected chi connectivity index (χ4v) is 2.96. The molecule has 2 heteroatoms. The van der Waals surface area contributed by atoms with Gasteiger partial charge in [-0.25, -0.2) is 0 Å². The van der Waals surface area contributed by atoms with Crippen molar-refractivity contribution in [2.24, 2.45) is 5.73 Å². The van der Waals surface area contributed by atoms with E-state index in [4.69, 9.17) is 5.73 Å². The first-order valence-corrected chi connectivity index (χ1v) is 12.0. The molecule has 3 N–H and O–H groups in total. The highest BCUT2D eigenvalue weighted by molar-refractivity contribution is 5.84. The monoisotopic (exact) mass is 414 g/mol. The number of nitrogens with one attached hydrogen (secondary N) is 1. The second-order valence-electron chi connectivity index (χ2n) is 5.50. The normalized spacial score (nSPS) is 9.87. The molecular weight excluding hydrogens is 364 g/mol. The standard InChI is InChI=1S/C20H26N2.4C2H6/c1-3-8-16(9-4-2)10-7-12-18-17-11-5-6-13-19(17)22-20(18)14-15-21;4*1-2/h3-6,8-9,11,13,22H,1,7,10,12,14-15,21H2,2H3;4*1-2H3/b9-4-,16-8+;;;;. The fourth-order valence-electron chi connectivity index (χ4n) is 2.96. The molecule has 0 radical (unpaired) electrons. The van der Waals surface area contributed by atoms with Crippen LogP contribution in [-0.4, -0.2) is 11.5 Å². The van der Waals surface area contributed by atoms with Gasteiger partial charge in [-0.2, -0.15) is 0 Å². The number of fused-ring (bicyclic) bond motifs is 1. The summed E-state index contributed by atoms with van der Waals surface area (Å²) >= 11 is 0. The number of hydrogen-bond acceptors (Lipinski definition) is 1. The van der Waals surface area contributed by atoms with Crippen LogP contribution in [0.2, 0.25) is 0 Å². The maximum Gasteiger partial charge on any atom is 0.0458 e. The lowest BCUT2D eigenvalue weighted by Gasteiger charge is -2.05. The Labute approximate surface area is 188 Å². The van der Waals surface area contributed by atoms with Crippen LogP contribution in [0.5, 0.6) is 0 Å². The SMILES string of the molecule is C=C/C=C(\C=C/C)CCCc1c(CCN)[nH]c2ccccc12.CC.CC.CC.CC. The maximum atomic E-state index is 5.76. The Hall–Kier alpha value is -2.06. The summed E-state index contributed by atoms with van der Waals surface area (Å²) in [4.78, 5) is 3.53. The number of H-pyrrole nitrogens is 1. The van der Waals surface area contributed by atoms with Crippen LogP contribution in [0.15, 0.2) is 60.7 Å². The van der Waals surface area contributed by atoms with E-state index in [-0.39, 0.29) is 0 Å².